The fourth-order valence-corrected chi connectivity index (χ4v) is 3.12. The zero-order chi connectivity index (χ0) is 16.8. The molecular weight excluding hydrogens is 276 g/mol. The van der Waals surface area contributed by atoms with E-state index in [1.54, 1.807) is 0 Å². The van der Waals surface area contributed by atoms with Crippen LogP contribution in [0.1, 0.15) is 66.7 Å². The summed E-state index contributed by atoms with van der Waals surface area (Å²) in [6.45, 7) is 11.7. The molecule has 0 heterocycles. The average molecular weight is 308 g/mol. The van der Waals surface area contributed by atoms with Crippen LogP contribution in [0.25, 0.3) is 0 Å². The van der Waals surface area contributed by atoms with Crippen molar-refractivity contribution >= 4 is 5.97 Å². The summed E-state index contributed by atoms with van der Waals surface area (Å²) in [6.07, 6.45) is 6.92. The van der Waals surface area contributed by atoms with E-state index in [0.717, 1.165) is 18.6 Å². The molecule has 0 atom stereocenters. The molecule has 0 fully saturated rings. The molecule has 0 radical (unpaired) electrons. The van der Waals surface area contributed by atoms with Crippen LogP contribution in [0.2, 0.25) is 0 Å². The van der Waals surface area contributed by atoms with Crippen LogP contribution in [0.15, 0.2) is 23.0 Å². The summed E-state index contributed by atoms with van der Waals surface area (Å²) in [5.74, 6) is 0.836. The quantitative estimate of drug-likeness (QED) is 0.286. The van der Waals surface area contributed by atoms with Gasteiger partial charge in [0.05, 0.1) is 19.8 Å². The van der Waals surface area contributed by atoms with Gasteiger partial charge in [0.25, 0.3) is 0 Å². The minimum atomic E-state index is -0.340. The molecule has 0 saturated heterocycles. The minimum absolute atomic E-state index is 0.261. The Bertz CT molecular complexity index is 442. The van der Waals surface area contributed by atoms with Crippen LogP contribution in [0.4, 0.5) is 0 Å². The lowest BCUT2D eigenvalue weighted by Gasteiger charge is -2.35. The average Bonchev–Trinajstić information content (AvgIpc) is 2.42. The second-order valence-corrected chi connectivity index (χ2v) is 7.33. The van der Waals surface area contributed by atoms with Crippen molar-refractivity contribution in [2.24, 2.45) is 11.3 Å². The Kier molecular flexibility index (Phi) is 7.18. The number of hydrogen-bond acceptors (Lipinski definition) is 3. The molecular formula is C19H32O3. The second kappa shape index (κ2) is 8.40. The van der Waals surface area contributed by atoms with Crippen LogP contribution in [0.5, 0.6) is 0 Å². The fraction of sp³-hybridized carbons (Fsp3) is 0.737. The van der Waals surface area contributed by atoms with Crippen LogP contribution in [0.3, 0.4) is 0 Å². The maximum absolute atomic E-state index is 11.5. The van der Waals surface area contributed by atoms with Crippen LogP contribution in [-0.4, -0.2) is 19.7 Å². The first-order valence-electron chi connectivity index (χ1n) is 8.36. The highest BCUT2D eigenvalue weighted by molar-refractivity contribution is 5.82. The van der Waals surface area contributed by atoms with Crippen LogP contribution >= 0.6 is 0 Å². The van der Waals surface area contributed by atoms with Crippen molar-refractivity contribution in [3.05, 3.63) is 23.0 Å². The number of rotatable bonds is 7. The summed E-state index contributed by atoms with van der Waals surface area (Å²) in [5, 5.41) is 0. The third kappa shape index (κ3) is 5.86. The Labute approximate surface area is 135 Å². The molecule has 0 aromatic carbocycles. The van der Waals surface area contributed by atoms with Crippen LogP contribution in [-0.2, 0) is 14.3 Å². The molecule has 0 unspecified atom stereocenters. The number of esters is 1. The molecule has 1 aliphatic rings. The van der Waals surface area contributed by atoms with Crippen LogP contribution in [0, 0.1) is 11.3 Å². The molecule has 3 heteroatoms. The number of allylic oxidation sites excluding steroid dienone is 3. The lowest BCUT2D eigenvalue weighted by Crippen LogP contribution is -2.20. The van der Waals surface area contributed by atoms with Crippen molar-refractivity contribution in [3.63, 3.8) is 0 Å². The largest absolute Gasteiger partial charge is 0.497 e. The van der Waals surface area contributed by atoms with E-state index in [-0.39, 0.29) is 11.4 Å². The predicted molar refractivity (Wildman–Crippen MR) is 90.5 cm³/mol. The maximum Gasteiger partial charge on any atom is 0.333 e. The standard InChI is InChI=1S/C19H32O3/c1-14(2)13-22-16(12-18(20)21-6)9-10-17-15(3)8-7-11-19(17,4)5/h12,14H,7-11,13H2,1-6H3. The van der Waals surface area contributed by atoms with E-state index < -0.39 is 0 Å². The van der Waals surface area contributed by atoms with E-state index in [1.807, 2.05) is 0 Å². The SMILES string of the molecule is COC(=O)C=C(CCC1=C(C)CCCC1(C)C)OCC(C)C. The molecule has 0 N–H and O–H groups in total. The van der Waals surface area contributed by atoms with Crippen molar-refractivity contribution in [3.8, 4) is 0 Å². The van der Waals surface area contributed by atoms with Gasteiger partial charge in [-0.2, -0.15) is 0 Å². The smallest absolute Gasteiger partial charge is 0.333 e. The zero-order valence-corrected chi connectivity index (χ0v) is 15.1. The highest BCUT2D eigenvalue weighted by Crippen LogP contribution is 2.42. The van der Waals surface area contributed by atoms with E-state index >= 15 is 0 Å². The van der Waals surface area contributed by atoms with Crippen molar-refractivity contribution < 1.29 is 14.3 Å². The van der Waals surface area contributed by atoms with E-state index in [9.17, 15) is 4.79 Å². The fourth-order valence-electron chi connectivity index (χ4n) is 3.12. The third-order valence-corrected chi connectivity index (χ3v) is 4.39. The van der Waals surface area contributed by atoms with Gasteiger partial charge in [-0.05, 0) is 43.9 Å². The summed E-state index contributed by atoms with van der Waals surface area (Å²) in [5.41, 5.74) is 3.30. The third-order valence-electron chi connectivity index (χ3n) is 4.39. The van der Waals surface area contributed by atoms with Gasteiger partial charge in [-0.15, -0.1) is 0 Å². The molecule has 0 aliphatic heterocycles. The van der Waals surface area contributed by atoms with E-state index in [2.05, 4.69) is 34.6 Å². The van der Waals surface area contributed by atoms with Gasteiger partial charge in [-0.25, -0.2) is 4.79 Å². The first-order valence-corrected chi connectivity index (χ1v) is 8.36. The van der Waals surface area contributed by atoms with Gasteiger partial charge >= 0.3 is 5.97 Å². The van der Waals surface area contributed by atoms with Gasteiger partial charge in [0.15, 0.2) is 0 Å². The van der Waals surface area contributed by atoms with Gasteiger partial charge in [0, 0.05) is 6.42 Å². The maximum atomic E-state index is 11.5. The van der Waals surface area contributed by atoms with Crippen molar-refractivity contribution in [2.75, 3.05) is 13.7 Å². The molecule has 0 aromatic heterocycles. The number of carbonyl (C=O) groups excluding carboxylic acids is 1. The second-order valence-electron chi connectivity index (χ2n) is 7.33. The number of ether oxygens (including phenoxy) is 2. The molecule has 1 aliphatic carbocycles. The molecule has 1 rings (SSSR count). The summed E-state index contributed by atoms with van der Waals surface area (Å²) >= 11 is 0. The number of carbonyl (C=O) groups is 1. The lowest BCUT2D eigenvalue weighted by molar-refractivity contribution is -0.135. The Morgan fingerprint density at radius 1 is 1.36 bits per heavy atom. The molecule has 0 saturated carbocycles. The monoisotopic (exact) mass is 308 g/mol. The Hall–Kier alpha value is -1.25. The summed E-state index contributed by atoms with van der Waals surface area (Å²) in [7, 11) is 1.40. The first kappa shape index (κ1) is 18.8. The van der Waals surface area contributed by atoms with Crippen molar-refractivity contribution in [1.29, 1.82) is 0 Å². The topological polar surface area (TPSA) is 35.5 Å². The van der Waals surface area contributed by atoms with Gasteiger partial charge in [-0.3, -0.25) is 0 Å². The molecule has 0 amide bonds. The van der Waals surface area contributed by atoms with Crippen molar-refractivity contribution in [2.45, 2.75) is 66.7 Å². The molecule has 0 spiro atoms. The van der Waals surface area contributed by atoms with Gasteiger partial charge in [0.2, 0.25) is 0 Å². The molecule has 22 heavy (non-hydrogen) atoms. The highest BCUT2D eigenvalue weighted by atomic mass is 16.5. The Balaban J connectivity index is 2.77. The molecule has 3 nitrogen and oxygen atoms in total. The van der Waals surface area contributed by atoms with Gasteiger partial charge in [0.1, 0.15) is 5.76 Å². The lowest BCUT2D eigenvalue weighted by atomic mass is 9.71. The summed E-state index contributed by atoms with van der Waals surface area (Å²) in [4.78, 5) is 11.5. The zero-order valence-electron chi connectivity index (χ0n) is 15.1. The predicted octanol–water partition coefficient (Wildman–Crippen LogP) is 5.02. The van der Waals surface area contributed by atoms with E-state index in [0.29, 0.717) is 12.5 Å². The highest BCUT2D eigenvalue weighted by Gasteiger charge is 2.28. The van der Waals surface area contributed by atoms with E-state index in [1.165, 1.54) is 43.6 Å². The number of methoxy groups -OCH3 is 1. The molecule has 0 bridgehead atoms. The normalized spacial score (nSPS) is 18.6. The van der Waals surface area contributed by atoms with Crippen LogP contribution < -0.4 is 0 Å². The number of hydrogen-bond donors (Lipinski definition) is 0. The first-order chi connectivity index (χ1) is 10.3. The van der Waals surface area contributed by atoms with Gasteiger partial charge in [-0.1, -0.05) is 38.8 Å². The Morgan fingerprint density at radius 3 is 2.59 bits per heavy atom. The van der Waals surface area contributed by atoms with Gasteiger partial charge < -0.3 is 9.47 Å². The molecule has 126 valence electrons. The minimum Gasteiger partial charge on any atom is -0.497 e. The summed E-state index contributed by atoms with van der Waals surface area (Å²) < 4.78 is 10.5. The Morgan fingerprint density at radius 2 is 2.05 bits per heavy atom. The molecule has 0 aromatic rings. The van der Waals surface area contributed by atoms with Crippen molar-refractivity contribution in [1.82, 2.24) is 0 Å². The summed E-state index contributed by atoms with van der Waals surface area (Å²) in [6, 6.07) is 0. The van der Waals surface area contributed by atoms with E-state index in [4.69, 9.17) is 9.47 Å².